The predicted octanol–water partition coefficient (Wildman–Crippen LogP) is 3.14. The molecule has 1 N–H and O–H groups in total. The van der Waals surface area contributed by atoms with Crippen LogP contribution in [0.15, 0.2) is 29.2 Å². The lowest BCUT2D eigenvalue weighted by molar-refractivity contribution is -0.385. The molecule has 0 saturated carbocycles. The molecule has 13 heteroatoms. The van der Waals surface area contributed by atoms with Gasteiger partial charge in [0.2, 0.25) is 10.0 Å². The maximum absolute atomic E-state index is 12.8. The number of aromatic nitrogens is 2. The van der Waals surface area contributed by atoms with E-state index in [0.29, 0.717) is 0 Å². The first-order valence-corrected chi connectivity index (χ1v) is 9.34. The fourth-order valence-corrected chi connectivity index (χ4v) is 3.56. The molecule has 0 saturated heterocycles. The third-order valence-corrected chi connectivity index (χ3v) is 5.49. The summed E-state index contributed by atoms with van der Waals surface area (Å²) in [4.78, 5) is 9.72. The molecular formula is C14H14ClF3N4O4S. The Balaban J connectivity index is 2.01. The van der Waals surface area contributed by atoms with E-state index >= 15 is 0 Å². The van der Waals surface area contributed by atoms with Crippen LogP contribution in [0.4, 0.5) is 18.9 Å². The van der Waals surface area contributed by atoms with Crippen molar-refractivity contribution in [3.8, 4) is 0 Å². The van der Waals surface area contributed by atoms with Crippen molar-refractivity contribution < 1.29 is 26.5 Å². The molecule has 0 radical (unpaired) electrons. The summed E-state index contributed by atoms with van der Waals surface area (Å²) in [6.45, 7) is 1.26. The van der Waals surface area contributed by atoms with Crippen molar-refractivity contribution in [3.63, 3.8) is 0 Å². The molecule has 1 aromatic heterocycles. The summed E-state index contributed by atoms with van der Waals surface area (Å²) in [6, 6.07) is 4.50. The lowest BCUT2D eigenvalue weighted by atomic mass is 10.3. The summed E-state index contributed by atoms with van der Waals surface area (Å²) in [5.74, 6) is 0. The summed E-state index contributed by atoms with van der Waals surface area (Å²) in [6.07, 6.45) is -4.55. The molecule has 2 rings (SSSR count). The number of halogens is 4. The molecule has 1 heterocycles. The van der Waals surface area contributed by atoms with Crippen molar-refractivity contribution in [1.82, 2.24) is 14.5 Å². The molecule has 1 aromatic carbocycles. The highest BCUT2D eigenvalue weighted by molar-refractivity contribution is 7.89. The van der Waals surface area contributed by atoms with Crippen LogP contribution in [0, 0.1) is 17.0 Å². The lowest BCUT2D eigenvalue weighted by Crippen LogP contribution is -2.25. The van der Waals surface area contributed by atoms with E-state index in [2.05, 4.69) is 9.82 Å². The van der Waals surface area contributed by atoms with Crippen molar-refractivity contribution in [1.29, 1.82) is 0 Å². The van der Waals surface area contributed by atoms with E-state index in [1.807, 2.05) is 0 Å². The van der Waals surface area contributed by atoms with Gasteiger partial charge in [0.1, 0.15) is 0 Å². The van der Waals surface area contributed by atoms with Gasteiger partial charge in [0.05, 0.1) is 20.5 Å². The van der Waals surface area contributed by atoms with Crippen LogP contribution in [0.25, 0.3) is 0 Å². The van der Waals surface area contributed by atoms with Crippen molar-refractivity contribution in [2.24, 2.45) is 0 Å². The van der Waals surface area contributed by atoms with Crippen molar-refractivity contribution in [2.75, 3.05) is 6.54 Å². The van der Waals surface area contributed by atoms with Gasteiger partial charge in [-0.25, -0.2) is 13.1 Å². The number of nitrogens with one attached hydrogen (secondary N) is 1. The Morgan fingerprint density at radius 3 is 2.59 bits per heavy atom. The highest BCUT2D eigenvalue weighted by atomic mass is 35.5. The first-order valence-electron chi connectivity index (χ1n) is 7.47. The molecule has 0 atom stereocenters. The van der Waals surface area contributed by atoms with E-state index in [1.54, 1.807) is 0 Å². The molecule has 0 spiro atoms. The number of rotatable bonds is 7. The van der Waals surface area contributed by atoms with Gasteiger partial charge in [0.25, 0.3) is 5.69 Å². The number of nitro benzene ring substituents is 1. The quantitative estimate of drug-likeness (QED) is 0.416. The van der Waals surface area contributed by atoms with Crippen molar-refractivity contribution >= 4 is 27.3 Å². The largest absolute Gasteiger partial charge is 0.436 e. The van der Waals surface area contributed by atoms with E-state index in [0.717, 1.165) is 16.8 Å². The fourth-order valence-electron chi connectivity index (χ4n) is 2.21. The molecule has 0 aliphatic rings. The van der Waals surface area contributed by atoms with Crippen molar-refractivity contribution in [3.05, 3.63) is 50.8 Å². The van der Waals surface area contributed by atoms with E-state index in [1.165, 1.54) is 19.1 Å². The zero-order valence-corrected chi connectivity index (χ0v) is 15.4. The summed E-state index contributed by atoms with van der Waals surface area (Å²) in [5, 5.41) is 13.6. The smallest absolute Gasteiger partial charge is 0.268 e. The van der Waals surface area contributed by atoms with E-state index in [-0.39, 0.29) is 35.8 Å². The summed E-state index contributed by atoms with van der Waals surface area (Å²) >= 11 is 5.63. The number of alkyl halides is 3. The number of benzene rings is 1. The standard InChI is InChI=1S/C14H14ClF3N4O4S/c1-9-12(15)13(14(16,17)18)20-21(9)7-3-6-19-27(25,26)11-5-2-4-10(8-11)22(23)24/h2,4-5,8,19H,3,6-7H2,1H3. The van der Waals surface area contributed by atoms with Gasteiger partial charge < -0.3 is 0 Å². The summed E-state index contributed by atoms with van der Waals surface area (Å²) < 4.78 is 65.9. The number of hydrogen-bond acceptors (Lipinski definition) is 5. The Morgan fingerprint density at radius 2 is 2.04 bits per heavy atom. The number of non-ortho nitro benzene ring substituents is 1. The van der Waals surface area contributed by atoms with Gasteiger partial charge in [0.15, 0.2) is 5.69 Å². The molecular weight excluding hydrogens is 413 g/mol. The second-order valence-corrected chi connectivity index (χ2v) is 7.62. The molecule has 0 bridgehead atoms. The Hall–Kier alpha value is -2.18. The molecule has 8 nitrogen and oxygen atoms in total. The molecule has 148 valence electrons. The van der Waals surface area contributed by atoms with Gasteiger partial charge in [-0.3, -0.25) is 14.8 Å². The van der Waals surface area contributed by atoms with Gasteiger partial charge in [-0.1, -0.05) is 17.7 Å². The van der Waals surface area contributed by atoms with Crippen LogP contribution in [0.1, 0.15) is 17.8 Å². The fraction of sp³-hybridized carbons (Fsp3) is 0.357. The van der Waals surface area contributed by atoms with Gasteiger partial charge in [0, 0.05) is 25.2 Å². The lowest BCUT2D eigenvalue weighted by Gasteiger charge is -2.08. The maximum Gasteiger partial charge on any atom is 0.436 e. The highest BCUT2D eigenvalue weighted by Crippen LogP contribution is 2.35. The molecule has 0 unspecified atom stereocenters. The molecule has 0 aliphatic heterocycles. The van der Waals surface area contributed by atoms with Crippen LogP contribution in [-0.2, 0) is 22.7 Å². The average Bonchev–Trinajstić information content (AvgIpc) is 2.87. The normalized spacial score (nSPS) is 12.3. The Bertz CT molecular complexity index is 960. The molecule has 27 heavy (non-hydrogen) atoms. The minimum absolute atomic E-state index is 0.000902. The van der Waals surface area contributed by atoms with Crippen LogP contribution in [0.5, 0.6) is 0 Å². The molecule has 0 amide bonds. The third kappa shape index (κ3) is 4.96. The molecule has 0 aliphatic carbocycles. The second kappa shape index (κ2) is 7.82. The number of aryl methyl sites for hydroxylation is 1. The third-order valence-electron chi connectivity index (χ3n) is 3.58. The van der Waals surface area contributed by atoms with E-state index in [4.69, 9.17) is 11.6 Å². The number of hydrogen-bond donors (Lipinski definition) is 1. The van der Waals surface area contributed by atoms with Crippen LogP contribution >= 0.6 is 11.6 Å². The Labute approximate surface area is 157 Å². The monoisotopic (exact) mass is 426 g/mol. The van der Waals surface area contributed by atoms with E-state index in [9.17, 15) is 31.7 Å². The SMILES string of the molecule is Cc1c(Cl)c(C(F)(F)F)nn1CCCNS(=O)(=O)c1cccc([N+](=O)[O-])c1. The van der Waals surface area contributed by atoms with Gasteiger partial charge in [-0.2, -0.15) is 18.3 Å². The summed E-state index contributed by atoms with van der Waals surface area (Å²) in [5.41, 5.74) is -1.45. The first kappa shape index (κ1) is 21.1. The Morgan fingerprint density at radius 1 is 1.37 bits per heavy atom. The van der Waals surface area contributed by atoms with E-state index < -0.39 is 31.8 Å². The van der Waals surface area contributed by atoms with Crippen LogP contribution in [0.3, 0.4) is 0 Å². The van der Waals surface area contributed by atoms with Gasteiger partial charge >= 0.3 is 6.18 Å². The average molecular weight is 427 g/mol. The zero-order valence-electron chi connectivity index (χ0n) is 13.8. The zero-order chi connectivity index (χ0) is 20.4. The number of sulfonamides is 1. The van der Waals surface area contributed by atoms with Crippen molar-refractivity contribution in [2.45, 2.75) is 31.0 Å². The number of nitrogens with zero attached hydrogens (tertiary/aromatic N) is 3. The summed E-state index contributed by atoms with van der Waals surface area (Å²) in [7, 11) is -4.00. The maximum atomic E-state index is 12.8. The van der Waals surface area contributed by atoms with Crippen LogP contribution in [0.2, 0.25) is 5.02 Å². The minimum atomic E-state index is -4.68. The van der Waals surface area contributed by atoms with Crippen LogP contribution in [-0.4, -0.2) is 29.7 Å². The number of nitro groups is 1. The van der Waals surface area contributed by atoms with Crippen LogP contribution < -0.4 is 4.72 Å². The topological polar surface area (TPSA) is 107 Å². The first-order chi connectivity index (χ1) is 12.4. The minimum Gasteiger partial charge on any atom is -0.268 e. The molecule has 2 aromatic rings. The highest BCUT2D eigenvalue weighted by Gasteiger charge is 2.38. The van der Waals surface area contributed by atoms with Gasteiger partial charge in [-0.15, -0.1) is 0 Å². The predicted molar refractivity (Wildman–Crippen MR) is 89.9 cm³/mol. The molecule has 0 fully saturated rings. The Kier molecular flexibility index (Phi) is 6.12. The second-order valence-electron chi connectivity index (χ2n) is 5.47. The van der Waals surface area contributed by atoms with Gasteiger partial charge in [-0.05, 0) is 19.4 Å².